The number of ether oxygens (including phenoxy) is 1. The Hall–Kier alpha value is -0.810. The zero-order chi connectivity index (χ0) is 7.28. The summed E-state index contributed by atoms with van der Waals surface area (Å²) in [5, 5.41) is 18.2. The SMILES string of the molecule is CCNC(=O)OC(O)O. The van der Waals surface area contributed by atoms with Gasteiger partial charge in [0.25, 0.3) is 0 Å². The van der Waals surface area contributed by atoms with E-state index in [9.17, 15) is 4.79 Å². The molecular weight excluding hydrogens is 126 g/mol. The summed E-state index contributed by atoms with van der Waals surface area (Å²) in [5.74, 6) is 0. The molecule has 0 spiro atoms. The molecule has 0 aliphatic carbocycles. The Kier molecular flexibility index (Phi) is 3.74. The van der Waals surface area contributed by atoms with Crippen LogP contribution < -0.4 is 5.32 Å². The van der Waals surface area contributed by atoms with E-state index in [1.165, 1.54) is 0 Å². The molecule has 0 heterocycles. The molecule has 9 heavy (non-hydrogen) atoms. The molecular formula is C4H9NO4. The fourth-order valence-corrected chi connectivity index (χ4v) is 0.282. The van der Waals surface area contributed by atoms with E-state index in [-0.39, 0.29) is 0 Å². The molecule has 0 aromatic rings. The van der Waals surface area contributed by atoms with E-state index in [4.69, 9.17) is 10.2 Å². The van der Waals surface area contributed by atoms with E-state index in [0.29, 0.717) is 6.54 Å². The quantitative estimate of drug-likeness (QED) is 0.424. The van der Waals surface area contributed by atoms with E-state index in [1.807, 2.05) is 0 Å². The van der Waals surface area contributed by atoms with Crippen molar-refractivity contribution in [1.82, 2.24) is 5.32 Å². The van der Waals surface area contributed by atoms with Crippen LogP contribution >= 0.6 is 0 Å². The number of hydrogen-bond donors (Lipinski definition) is 3. The van der Waals surface area contributed by atoms with Crippen LogP contribution in [0, 0.1) is 0 Å². The van der Waals surface area contributed by atoms with Gasteiger partial charge in [-0.3, -0.25) is 0 Å². The smallest absolute Gasteiger partial charge is 0.394 e. The van der Waals surface area contributed by atoms with Crippen molar-refractivity contribution < 1.29 is 19.7 Å². The number of rotatable bonds is 2. The van der Waals surface area contributed by atoms with Crippen molar-refractivity contribution in [3.8, 4) is 0 Å². The van der Waals surface area contributed by atoms with Gasteiger partial charge in [0.15, 0.2) is 0 Å². The van der Waals surface area contributed by atoms with Gasteiger partial charge in [0, 0.05) is 6.54 Å². The summed E-state index contributed by atoms with van der Waals surface area (Å²) >= 11 is 0. The largest absolute Gasteiger partial charge is 0.411 e. The number of hydrogen-bond acceptors (Lipinski definition) is 4. The molecule has 1 amide bonds. The molecule has 0 saturated heterocycles. The number of alkyl carbamates (subject to hydrolysis) is 1. The average molecular weight is 135 g/mol. The minimum Gasteiger partial charge on any atom is -0.394 e. The Balaban J connectivity index is 3.27. The first-order valence-corrected chi connectivity index (χ1v) is 2.47. The van der Waals surface area contributed by atoms with E-state index >= 15 is 0 Å². The zero-order valence-corrected chi connectivity index (χ0v) is 5.00. The molecule has 3 N–H and O–H groups in total. The van der Waals surface area contributed by atoms with Crippen molar-refractivity contribution in [2.75, 3.05) is 6.54 Å². The molecule has 0 saturated carbocycles. The highest BCUT2D eigenvalue weighted by Gasteiger charge is 2.03. The topological polar surface area (TPSA) is 78.8 Å². The van der Waals surface area contributed by atoms with Gasteiger partial charge >= 0.3 is 12.6 Å². The van der Waals surface area contributed by atoms with Crippen molar-refractivity contribution in [3.63, 3.8) is 0 Å². The van der Waals surface area contributed by atoms with Gasteiger partial charge in [0.1, 0.15) is 0 Å². The van der Waals surface area contributed by atoms with Gasteiger partial charge in [0.05, 0.1) is 0 Å². The fourth-order valence-electron chi connectivity index (χ4n) is 0.282. The molecule has 5 heteroatoms. The predicted molar refractivity (Wildman–Crippen MR) is 28.4 cm³/mol. The van der Waals surface area contributed by atoms with Crippen LogP contribution in [0.3, 0.4) is 0 Å². The summed E-state index contributed by atoms with van der Waals surface area (Å²) in [7, 11) is 0. The van der Waals surface area contributed by atoms with Gasteiger partial charge in [-0.15, -0.1) is 0 Å². The van der Waals surface area contributed by atoms with Gasteiger partial charge in [0.2, 0.25) is 0 Å². The first-order chi connectivity index (χ1) is 4.16. The summed E-state index contributed by atoms with van der Waals surface area (Å²) in [6, 6.07) is 0. The highest BCUT2D eigenvalue weighted by atomic mass is 16.8. The Morgan fingerprint density at radius 2 is 2.33 bits per heavy atom. The molecule has 0 unspecified atom stereocenters. The summed E-state index contributed by atoms with van der Waals surface area (Å²) in [5.41, 5.74) is 0. The summed E-state index contributed by atoms with van der Waals surface area (Å²) in [6.45, 7) is 0.0490. The Morgan fingerprint density at radius 1 is 1.78 bits per heavy atom. The van der Waals surface area contributed by atoms with Gasteiger partial charge in [-0.1, -0.05) is 0 Å². The molecule has 0 aromatic carbocycles. The van der Waals surface area contributed by atoms with Gasteiger partial charge in [-0.05, 0) is 6.92 Å². The molecule has 0 aromatic heterocycles. The summed E-state index contributed by atoms with van der Waals surface area (Å²) < 4.78 is 3.85. The van der Waals surface area contributed by atoms with E-state index in [0.717, 1.165) is 0 Å². The van der Waals surface area contributed by atoms with Crippen molar-refractivity contribution in [3.05, 3.63) is 0 Å². The van der Waals surface area contributed by atoms with Crippen LogP contribution in [-0.4, -0.2) is 29.3 Å². The predicted octanol–water partition coefficient (Wildman–Crippen LogP) is -0.999. The lowest BCUT2D eigenvalue weighted by atomic mass is 10.8. The first kappa shape index (κ1) is 8.19. The Bertz CT molecular complexity index is 92.6. The maximum atomic E-state index is 10.2. The number of nitrogens with one attached hydrogen (secondary N) is 1. The lowest BCUT2D eigenvalue weighted by Crippen LogP contribution is -2.28. The van der Waals surface area contributed by atoms with Gasteiger partial charge in [-0.25, -0.2) is 4.79 Å². The van der Waals surface area contributed by atoms with Crippen molar-refractivity contribution in [1.29, 1.82) is 0 Å². The number of carbonyl (C=O) groups excluding carboxylic acids is 1. The van der Waals surface area contributed by atoms with Crippen LogP contribution in [0.1, 0.15) is 6.92 Å². The van der Waals surface area contributed by atoms with Crippen molar-refractivity contribution >= 4 is 6.09 Å². The average Bonchev–Trinajstić information content (AvgIpc) is 1.63. The normalized spacial score (nSPS) is 9.33. The molecule has 0 aliphatic heterocycles. The lowest BCUT2D eigenvalue weighted by Gasteiger charge is -2.04. The first-order valence-electron chi connectivity index (χ1n) is 2.47. The molecule has 0 fully saturated rings. The second-order valence-electron chi connectivity index (χ2n) is 1.26. The van der Waals surface area contributed by atoms with Crippen LogP contribution in [-0.2, 0) is 4.74 Å². The lowest BCUT2D eigenvalue weighted by molar-refractivity contribution is -0.198. The minimum absolute atomic E-state index is 0.394. The number of carbonyl (C=O) groups is 1. The minimum atomic E-state index is -2.03. The van der Waals surface area contributed by atoms with Crippen LogP contribution in [0.2, 0.25) is 0 Å². The molecule has 0 bridgehead atoms. The molecule has 54 valence electrons. The third-order valence-corrected chi connectivity index (χ3v) is 0.534. The molecule has 0 rings (SSSR count). The van der Waals surface area contributed by atoms with Crippen LogP contribution in [0.15, 0.2) is 0 Å². The Morgan fingerprint density at radius 3 is 2.67 bits per heavy atom. The standard InChI is InChI=1S/C4H9NO4/c1-2-5-3(6)9-4(7)8/h4,7-8H,2H2,1H3,(H,5,6). The van der Waals surface area contributed by atoms with Crippen LogP contribution in [0.5, 0.6) is 0 Å². The highest BCUT2D eigenvalue weighted by molar-refractivity contribution is 5.66. The van der Waals surface area contributed by atoms with Crippen molar-refractivity contribution in [2.45, 2.75) is 13.4 Å². The maximum Gasteiger partial charge on any atom is 0.411 e. The van der Waals surface area contributed by atoms with Crippen LogP contribution in [0.25, 0.3) is 0 Å². The molecule has 0 aliphatic rings. The van der Waals surface area contributed by atoms with E-state index in [2.05, 4.69) is 10.1 Å². The zero-order valence-electron chi connectivity index (χ0n) is 5.00. The number of aliphatic hydroxyl groups excluding tert-OH is 1. The highest BCUT2D eigenvalue weighted by Crippen LogP contribution is 1.79. The molecule has 5 nitrogen and oxygen atoms in total. The van der Waals surface area contributed by atoms with E-state index in [1.54, 1.807) is 6.92 Å². The summed E-state index contributed by atoms with van der Waals surface area (Å²) in [6.07, 6.45) is -0.840. The van der Waals surface area contributed by atoms with Gasteiger partial charge in [-0.2, -0.15) is 0 Å². The third-order valence-electron chi connectivity index (χ3n) is 0.534. The number of amides is 1. The van der Waals surface area contributed by atoms with E-state index < -0.39 is 12.6 Å². The second-order valence-corrected chi connectivity index (χ2v) is 1.26. The third kappa shape index (κ3) is 5.05. The van der Waals surface area contributed by atoms with Crippen molar-refractivity contribution in [2.24, 2.45) is 0 Å². The summed E-state index contributed by atoms with van der Waals surface area (Å²) in [4.78, 5) is 10.2. The van der Waals surface area contributed by atoms with Gasteiger partial charge < -0.3 is 20.3 Å². The maximum absolute atomic E-state index is 10.2. The second kappa shape index (κ2) is 4.11. The Labute approximate surface area is 52.2 Å². The molecule has 0 radical (unpaired) electrons. The fraction of sp³-hybridized carbons (Fsp3) is 0.750. The van der Waals surface area contributed by atoms with Crippen LogP contribution in [0.4, 0.5) is 4.79 Å². The number of aliphatic hydroxyl groups is 2. The molecule has 0 atom stereocenters. The monoisotopic (exact) mass is 135 g/mol.